The predicted octanol–water partition coefficient (Wildman–Crippen LogP) is 2.76. The van der Waals surface area contributed by atoms with E-state index in [1.165, 1.54) is 51.4 Å². The van der Waals surface area contributed by atoms with Crippen molar-refractivity contribution < 1.29 is 4.79 Å². The molecule has 0 spiro atoms. The fourth-order valence-corrected chi connectivity index (χ4v) is 3.04. The van der Waals surface area contributed by atoms with Crippen LogP contribution >= 0.6 is 0 Å². The molecule has 2 saturated carbocycles. The van der Waals surface area contributed by atoms with Crippen LogP contribution in [-0.4, -0.2) is 30.1 Å². The molecule has 1 saturated heterocycles. The molecule has 2 amide bonds. The summed E-state index contributed by atoms with van der Waals surface area (Å²) in [5, 5.41) is 3.33. The monoisotopic (exact) mass is 236 g/mol. The van der Waals surface area contributed by atoms with Gasteiger partial charge >= 0.3 is 6.03 Å². The Labute approximate surface area is 104 Å². The van der Waals surface area contributed by atoms with Gasteiger partial charge in [-0.3, -0.25) is 0 Å². The minimum atomic E-state index is 0.218. The summed E-state index contributed by atoms with van der Waals surface area (Å²) in [4.78, 5) is 14.3. The zero-order chi connectivity index (χ0) is 11.7. The minimum Gasteiger partial charge on any atom is -0.335 e. The first-order chi connectivity index (χ1) is 8.34. The topological polar surface area (TPSA) is 32.3 Å². The van der Waals surface area contributed by atoms with Crippen LogP contribution in [0.2, 0.25) is 0 Å². The van der Waals surface area contributed by atoms with Gasteiger partial charge in [0.05, 0.1) is 0 Å². The van der Waals surface area contributed by atoms with E-state index in [2.05, 4.69) is 5.32 Å². The van der Waals surface area contributed by atoms with Gasteiger partial charge in [0.15, 0.2) is 0 Å². The molecule has 3 rings (SSSR count). The molecule has 0 atom stereocenters. The van der Waals surface area contributed by atoms with Crippen molar-refractivity contribution in [2.24, 2.45) is 11.8 Å². The third-order valence-electron chi connectivity index (χ3n) is 4.44. The first-order valence-electron chi connectivity index (χ1n) is 7.40. The Morgan fingerprint density at radius 3 is 1.94 bits per heavy atom. The van der Waals surface area contributed by atoms with Gasteiger partial charge in [-0.05, 0) is 50.4 Å². The number of urea groups is 1. The molecule has 0 aromatic heterocycles. The van der Waals surface area contributed by atoms with E-state index in [9.17, 15) is 4.79 Å². The Morgan fingerprint density at radius 1 is 0.941 bits per heavy atom. The first-order valence-corrected chi connectivity index (χ1v) is 7.40. The SMILES string of the molecule is O=C(NC(C1CC1)C1CC1)N1CCCCCC1. The molecule has 1 N–H and O–H groups in total. The number of carbonyl (C=O) groups excluding carboxylic acids is 1. The van der Waals surface area contributed by atoms with E-state index in [0.717, 1.165) is 24.9 Å². The quantitative estimate of drug-likeness (QED) is 0.803. The third kappa shape index (κ3) is 2.93. The maximum atomic E-state index is 12.2. The lowest BCUT2D eigenvalue weighted by molar-refractivity contribution is 0.192. The van der Waals surface area contributed by atoms with E-state index in [1.54, 1.807) is 0 Å². The lowest BCUT2D eigenvalue weighted by atomic mass is 10.1. The van der Waals surface area contributed by atoms with E-state index in [4.69, 9.17) is 0 Å². The molecule has 0 aromatic rings. The molecular formula is C14H24N2O. The Morgan fingerprint density at radius 2 is 1.47 bits per heavy atom. The fraction of sp³-hybridized carbons (Fsp3) is 0.929. The number of hydrogen-bond donors (Lipinski definition) is 1. The number of nitrogens with one attached hydrogen (secondary N) is 1. The summed E-state index contributed by atoms with van der Waals surface area (Å²) < 4.78 is 0. The molecule has 1 heterocycles. The standard InChI is InChI=1S/C14H24N2O/c17-14(16-9-3-1-2-4-10-16)15-13(11-5-6-11)12-7-8-12/h11-13H,1-10H2,(H,15,17). The van der Waals surface area contributed by atoms with Crippen LogP contribution in [0.5, 0.6) is 0 Å². The van der Waals surface area contributed by atoms with E-state index in [0.29, 0.717) is 6.04 Å². The van der Waals surface area contributed by atoms with Gasteiger partial charge in [0.25, 0.3) is 0 Å². The summed E-state index contributed by atoms with van der Waals surface area (Å²) in [5.41, 5.74) is 0. The Bertz CT molecular complexity index is 264. The summed E-state index contributed by atoms with van der Waals surface area (Å²) in [6.45, 7) is 1.93. The van der Waals surface area contributed by atoms with Gasteiger partial charge in [0, 0.05) is 19.1 Å². The van der Waals surface area contributed by atoms with Gasteiger partial charge in [-0.1, -0.05) is 12.8 Å². The summed E-state index contributed by atoms with van der Waals surface area (Å²) in [6.07, 6.45) is 10.3. The van der Waals surface area contributed by atoms with Crippen LogP contribution in [0.15, 0.2) is 0 Å². The second-order valence-corrected chi connectivity index (χ2v) is 6.05. The average Bonchev–Trinajstić information content (AvgIpc) is 3.24. The zero-order valence-electron chi connectivity index (χ0n) is 10.7. The molecule has 2 aliphatic carbocycles. The number of likely N-dealkylation sites (tertiary alicyclic amines) is 1. The molecule has 0 aromatic carbocycles. The summed E-state index contributed by atoms with van der Waals surface area (Å²) in [6, 6.07) is 0.724. The van der Waals surface area contributed by atoms with Crippen LogP contribution in [0.1, 0.15) is 51.4 Å². The van der Waals surface area contributed by atoms with Crippen LogP contribution in [0, 0.1) is 11.8 Å². The van der Waals surface area contributed by atoms with Crippen molar-refractivity contribution in [3.8, 4) is 0 Å². The van der Waals surface area contributed by atoms with Crippen LogP contribution < -0.4 is 5.32 Å². The minimum absolute atomic E-state index is 0.218. The van der Waals surface area contributed by atoms with Gasteiger partial charge in [0.1, 0.15) is 0 Å². The highest BCUT2D eigenvalue weighted by Crippen LogP contribution is 2.44. The molecule has 3 aliphatic rings. The molecule has 0 unspecified atom stereocenters. The van der Waals surface area contributed by atoms with E-state index >= 15 is 0 Å². The summed E-state index contributed by atoms with van der Waals surface area (Å²) in [7, 11) is 0. The molecule has 17 heavy (non-hydrogen) atoms. The van der Waals surface area contributed by atoms with Gasteiger partial charge in [-0.25, -0.2) is 4.79 Å². The molecule has 0 bridgehead atoms. The van der Waals surface area contributed by atoms with Crippen LogP contribution in [-0.2, 0) is 0 Å². The lowest BCUT2D eigenvalue weighted by Crippen LogP contribution is -2.46. The highest BCUT2D eigenvalue weighted by atomic mass is 16.2. The van der Waals surface area contributed by atoms with Crippen LogP contribution in [0.3, 0.4) is 0 Å². The second kappa shape index (κ2) is 4.87. The van der Waals surface area contributed by atoms with Crippen molar-refractivity contribution in [1.29, 1.82) is 0 Å². The predicted molar refractivity (Wildman–Crippen MR) is 67.8 cm³/mol. The maximum absolute atomic E-state index is 12.2. The van der Waals surface area contributed by atoms with Crippen molar-refractivity contribution in [2.75, 3.05) is 13.1 Å². The first kappa shape index (κ1) is 11.4. The summed E-state index contributed by atoms with van der Waals surface area (Å²) >= 11 is 0. The van der Waals surface area contributed by atoms with Crippen molar-refractivity contribution in [2.45, 2.75) is 57.4 Å². The average molecular weight is 236 g/mol. The lowest BCUT2D eigenvalue weighted by Gasteiger charge is -2.25. The highest BCUT2D eigenvalue weighted by Gasteiger charge is 2.42. The fourth-order valence-electron chi connectivity index (χ4n) is 3.04. The zero-order valence-corrected chi connectivity index (χ0v) is 10.7. The largest absolute Gasteiger partial charge is 0.335 e. The second-order valence-electron chi connectivity index (χ2n) is 6.05. The molecular weight excluding hydrogens is 212 g/mol. The molecule has 0 radical (unpaired) electrons. The number of hydrogen-bond acceptors (Lipinski definition) is 1. The highest BCUT2D eigenvalue weighted by molar-refractivity contribution is 5.74. The molecule has 3 fully saturated rings. The summed E-state index contributed by atoms with van der Waals surface area (Å²) in [5.74, 6) is 1.61. The third-order valence-corrected chi connectivity index (χ3v) is 4.44. The molecule has 96 valence electrons. The van der Waals surface area contributed by atoms with Crippen LogP contribution in [0.25, 0.3) is 0 Å². The van der Waals surface area contributed by atoms with Gasteiger partial charge in [-0.2, -0.15) is 0 Å². The number of amides is 2. The van der Waals surface area contributed by atoms with Crippen molar-refractivity contribution >= 4 is 6.03 Å². The smallest absolute Gasteiger partial charge is 0.317 e. The van der Waals surface area contributed by atoms with Crippen LogP contribution in [0.4, 0.5) is 4.79 Å². The van der Waals surface area contributed by atoms with E-state index in [1.807, 2.05) is 4.90 Å². The normalized spacial score (nSPS) is 25.8. The van der Waals surface area contributed by atoms with Crippen molar-refractivity contribution in [1.82, 2.24) is 10.2 Å². The van der Waals surface area contributed by atoms with Crippen molar-refractivity contribution in [3.63, 3.8) is 0 Å². The molecule has 3 heteroatoms. The Balaban J connectivity index is 1.53. The Hall–Kier alpha value is -0.730. The van der Waals surface area contributed by atoms with Gasteiger partial charge in [-0.15, -0.1) is 0 Å². The Kier molecular flexibility index (Phi) is 3.26. The van der Waals surface area contributed by atoms with Gasteiger partial charge < -0.3 is 10.2 Å². The number of nitrogens with zero attached hydrogens (tertiary/aromatic N) is 1. The molecule has 3 nitrogen and oxygen atoms in total. The van der Waals surface area contributed by atoms with Gasteiger partial charge in [0.2, 0.25) is 0 Å². The van der Waals surface area contributed by atoms with Crippen molar-refractivity contribution in [3.05, 3.63) is 0 Å². The van der Waals surface area contributed by atoms with E-state index < -0.39 is 0 Å². The number of carbonyl (C=O) groups is 1. The van der Waals surface area contributed by atoms with E-state index in [-0.39, 0.29) is 6.03 Å². The molecule has 1 aliphatic heterocycles. The number of rotatable bonds is 3. The maximum Gasteiger partial charge on any atom is 0.317 e.